The highest BCUT2D eigenvalue weighted by atomic mass is 32.2. The van der Waals surface area contributed by atoms with Crippen LogP contribution in [0.25, 0.3) is 0 Å². The number of benzene rings is 1. The number of carbonyl (C=O) groups excluding carboxylic acids is 1. The van der Waals surface area contributed by atoms with Crippen LogP contribution in [0.3, 0.4) is 0 Å². The van der Waals surface area contributed by atoms with Crippen molar-refractivity contribution in [3.8, 4) is 0 Å². The quantitative estimate of drug-likeness (QED) is 0.641. The summed E-state index contributed by atoms with van der Waals surface area (Å²) in [4.78, 5) is 12.5. The molecular weight excluding hydrogens is 372 g/mol. The largest absolute Gasteiger partial charge is 0.385 e. The van der Waals surface area contributed by atoms with Crippen LogP contribution in [0.4, 0.5) is 5.69 Å². The summed E-state index contributed by atoms with van der Waals surface area (Å²) >= 11 is 1.17. The van der Waals surface area contributed by atoms with E-state index >= 15 is 0 Å². The van der Waals surface area contributed by atoms with Gasteiger partial charge in [0, 0.05) is 25.9 Å². The van der Waals surface area contributed by atoms with E-state index in [2.05, 4.69) is 10.0 Å². The molecule has 1 aliphatic carbocycles. The number of carbonyl (C=O) groups is 1. The van der Waals surface area contributed by atoms with Gasteiger partial charge in [-0.25, -0.2) is 8.42 Å². The van der Waals surface area contributed by atoms with Gasteiger partial charge in [-0.05, 0) is 48.4 Å². The number of amides is 1. The lowest BCUT2D eigenvalue weighted by Gasteiger charge is -2.16. The highest BCUT2D eigenvalue weighted by Gasteiger charge is 2.50. The molecule has 1 fully saturated rings. The summed E-state index contributed by atoms with van der Waals surface area (Å²) in [7, 11) is -1.92. The summed E-state index contributed by atoms with van der Waals surface area (Å²) in [6, 6.07) is 10.3. The van der Waals surface area contributed by atoms with Crippen LogP contribution in [0.5, 0.6) is 0 Å². The Labute approximate surface area is 157 Å². The first kappa shape index (κ1) is 18.9. The molecule has 1 saturated carbocycles. The Morgan fingerprint density at radius 1 is 1.23 bits per heavy atom. The van der Waals surface area contributed by atoms with Gasteiger partial charge >= 0.3 is 0 Å². The van der Waals surface area contributed by atoms with Crippen molar-refractivity contribution in [3.05, 3.63) is 47.3 Å². The van der Waals surface area contributed by atoms with E-state index in [1.165, 1.54) is 11.3 Å². The molecule has 1 aromatic heterocycles. The van der Waals surface area contributed by atoms with Crippen molar-refractivity contribution in [1.29, 1.82) is 0 Å². The number of nitrogens with one attached hydrogen (secondary N) is 2. The van der Waals surface area contributed by atoms with E-state index in [9.17, 15) is 13.2 Å². The third kappa shape index (κ3) is 4.08. The van der Waals surface area contributed by atoms with Gasteiger partial charge in [-0.2, -0.15) is 0 Å². The van der Waals surface area contributed by atoms with Crippen molar-refractivity contribution in [3.63, 3.8) is 0 Å². The molecule has 1 aliphatic rings. The highest BCUT2D eigenvalue weighted by Crippen LogP contribution is 2.48. The molecule has 0 spiro atoms. The van der Waals surface area contributed by atoms with Crippen LogP contribution in [0.15, 0.2) is 46.0 Å². The third-order valence-corrected chi connectivity index (χ3v) is 7.22. The van der Waals surface area contributed by atoms with Crippen LogP contribution in [0, 0.1) is 0 Å². The Morgan fingerprint density at radius 3 is 2.54 bits per heavy atom. The molecule has 6 nitrogen and oxygen atoms in total. The first-order valence-corrected chi connectivity index (χ1v) is 10.8. The standard InChI is InChI=1S/C18H22N2O4S2/c1-24-12-3-11-19-17(21)18(9-10-18)14-5-7-15(8-6-14)20-26(22,23)16-4-2-13-25-16/h2,4-8,13,20H,3,9-12H2,1H3,(H,19,21). The van der Waals surface area contributed by atoms with Gasteiger partial charge in [0.25, 0.3) is 10.0 Å². The number of thiophene rings is 1. The third-order valence-electron chi connectivity index (χ3n) is 4.45. The predicted octanol–water partition coefficient (Wildman–Crippen LogP) is 2.73. The number of rotatable bonds is 9. The first-order chi connectivity index (χ1) is 12.5. The van der Waals surface area contributed by atoms with Gasteiger partial charge in [0.05, 0.1) is 5.41 Å². The van der Waals surface area contributed by atoms with Crippen LogP contribution in [0.2, 0.25) is 0 Å². The molecule has 1 amide bonds. The van der Waals surface area contributed by atoms with Gasteiger partial charge in [0.15, 0.2) is 0 Å². The van der Waals surface area contributed by atoms with Crippen LogP contribution in [-0.4, -0.2) is 34.6 Å². The Bertz CT molecular complexity index is 842. The molecule has 3 rings (SSSR count). The van der Waals surface area contributed by atoms with Crippen molar-refractivity contribution in [2.45, 2.75) is 28.9 Å². The fourth-order valence-corrected chi connectivity index (χ4v) is 4.89. The number of sulfonamides is 1. The molecule has 8 heteroatoms. The summed E-state index contributed by atoms with van der Waals surface area (Å²) in [5, 5.41) is 4.68. The van der Waals surface area contributed by atoms with E-state index in [4.69, 9.17) is 4.74 Å². The molecule has 2 N–H and O–H groups in total. The van der Waals surface area contributed by atoms with E-state index in [-0.39, 0.29) is 10.1 Å². The Kier molecular flexibility index (Phi) is 5.64. The smallest absolute Gasteiger partial charge is 0.271 e. The minimum atomic E-state index is -3.56. The average molecular weight is 395 g/mol. The van der Waals surface area contributed by atoms with Crippen LogP contribution in [-0.2, 0) is 25.0 Å². The van der Waals surface area contributed by atoms with Crippen molar-refractivity contribution in [2.24, 2.45) is 0 Å². The lowest BCUT2D eigenvalue weighted by atomic mass is 9.95. The van der Waals surface area contributed by atoms with Gasteiger partial charge in [-0.15, -0.1) is 11.3 Å². The van der Waals surface area contributed by atoms with Crippen LogP contribution in [0.1, 0.15) is 24.8 Å². The van der Waals surface area contributed by atoms with E-state index in [1.807, 2.05) is 12.1 Å². The molecule has 0 radical (unpaired) electrons. The second kappa shape index (κ2) is 7.77. The molecule has 0 aliphatic heterocycles. The molecule has 140 valence electrons. The van der Waals surface area contributed by atoms with Crippen molar-refractivity contribution in [1.82, 2.24) is 5.32 Å². The molecule has 1 heterocycles. The van der Waals surface area contributed by atoms with Crippen LogP contribution >= 0.6 is 11.3 Å². The summed E-state index contributed by atoms with van der Waals surface area (Å²) in [6.07, 6.45) is 2.40. The first-order valence-electron chi connectivity index (χ1n) is 8.42. The molecule has 1 aromatic carbocycles. The van der Waals surface area contributed by atoms with Gasteiger partial charge < -0.3 is 10.1 Å². The summed E-state index contributed by atoms with van der Waals surface area (Å²) < 4.78 is 32.3. The number of ether oxygens (including phenoxy) is 1. The number of hydrogen-bond donors (Lipinski definition) is 2. The highest BCUT2D eigenvalue weighted by molar-refractivity contribution is 7.94. The summed E-state index contributed by atoms with van der Waals surface area (Å²) in [6.45, 7) is 1.21. The molecule has 0 saturated heterocycles. The number of hydrogen-bond acceptors (Lipinski definition) is 5. The zero-order valence-corrected chi connectivity index (χ0v) is 16.2. The Morgan fingerprint density at radius 2 is 1.96 bits per heavy atom. The lowest BCUT2D eigenvalue weighted by molar-refractivity contribution is -0.123. The van der Waals surface area contributed by atoms with E-state index in [0.29, 0.717) is 18.8 Å². The minimum Gasteiger partial charge on any atom is -0.385 e. The SMILES string of the molecule is COCCCNC(=O)C1(c2ccc(NS(=O)(=O)c3cccs3)cc2)CC1. The predicted molar refractivity (Wildman–Crippen MR) is 102 cm³/mol. The number of methoxy groups -OCH3 is 1. The van der Waals surface area contributed by atoms with Gasteiger partial charge in [0.1, 0.15) is 4.21 Å². The van der Waals surface area contributed by atoms with Gasteiger partial charge in [-0.3, -0.25) is 9.52 Å². The van der Waals surface area contributed by atoms with Gasteiger partial charge in [0.2, 0.25) is 5.91 Å². The normalized spacial score (nSPS) is 15.4. The molecule has 0 unspecified atom stereocenters. The zero-order chi connectivity index (χ0) is 18.6. The number of anilines is 1. The fourth-order valence-electron chi connectivity index (χ4n) is 2.84. The van der Waals surface area contributed by atoms with E-state index in [0.717, 1.165) is 24.8 Å². The molecule has 0 bridgehead atoms. The molecule has 0 atom stereocenters. The Balaban J connectivity index is 1.65. The lowest BCUT2D eigenvalue weighted by Crippen LogP contribution is -2.35. The maximum absolute atomic E-state index is 12.5. The monoisotopic (exact) mass is 394 g/mol. The average Bonchev–Trinajstić information content (AvgIpc) is 3.23. The maximum atomic E-state index is 12.5. The molecular formula is C18H22N2O4S2. The minimum absolute atomic E-state index is 0.0283. The summed E-state index contributed by atoms with van der Waals surface area (Å²) in [5.74, 6) is 0.0283. The van der Waals surface area contributed by atoms with E-state index < -0.39 is 15.4 Å². The topological polar surface area (TPSA) is 84.5 Å². The molecule has 2 aromatic rings. The molecule has 26 heavy (non-hydrogen) atoms. The van der Waals surface area contributed by atoms with Crippen molar-refractivity contribution in [2.75, 3.05) is 25.0 Å². The Hall–Kier alpha value is -1.90. The van der Waals surface area contributed by atoms with Crippen molar-refractivity contribution >= 4 is 33.0 Å². The maximum Gasteiger partial charge on any atom is 0.271 e. The second-order valence-corrected chi connectivity index (χ2v) is 9.16. The second-order valence-electron chi connectivity index (χ2n) is 6.30. The van der Waals surface area contributed by atoms with E-state index in [1.54, 1.807) is 36.8 Å². The zero-order valence-electron chi connectivity index (χ0n) is 14.5. The summed E-state index contributed by atoms with van der Waals surface area (Å²) in [5.41, 5.74) is 0.928. The van der Waals surface area contributed by atoms with Crippen LogP contribution < -0.4 is 10.0 Å². The fraction of sp³-hybridized carbons (Fsp3) is 0.389. The van der Waals surface area contributed by atoms with Crippen molar-refractivity contribution < 1.29 is 17.9 Å². The van der Waals surface area contributed by atoms with Gasteiger partial charge in [-0.1, -0.05) is 18.2 Å².